The number of hydrogen-bond acceptors (Lipinski definition) is 4. The van der Waals surface area contributed by atoms with E-state index in [2.05, 4.69) is 10.3 Å². The first-order valence-corrected chi connectivity index (χ1v) is 5.76. The van der Waals surface area contributed by atoms with Crippen LogP contribution in [0.1, 0.15) is 11.1 Å². The number of anilines is 1. The highest BCUT2D eigenvalue weighted by atomic mass is 15.3. The minimum atomic E-state index is -1.00. The molecule has 1 aliphatic heterocycles. The lowest BCUT2D eigenvalue weighted by atomic mass is 10.0. The lowest BCUT2D eigenvalue weighted by molar-refractivity contribution is 0.537. The van der Waals surface area contributed by atoms with Gasteiger partial charge in [-0.1, -0.05) is 42.5 Å². The van der Waals surface area contributed by atoms with Gasteiger partial charge < -0.3 is 11.1 Å². The molecule has 2 aromatic rings. The van der Waals surface area contributed by atoms with Gasteiger partial charge in [-0.05, 0) is 12.1 Å². The molecule has 0 saturated carbocycles. The molecule has 1 heterocycles. The quantitative estimate of drug-likeness (QED) is 0.706. The van der Waals surface area contributed by atoms with Crippen LogP contribution in [0.25, 0.3) is 0 Å². The maximum Gasteiger partial charge on any atom is 0.211 e. The maximum atomic E-state index is 6.31. The lowest BCUT2D eigenvalue weighted by Crippen LogP contribution is -2.47. The zero-order valence-electron chi connectivity index (χ0n) is 9.80. The molecule has 90 valence electrons. The summed E-state index contributed by atoms with van der Waals surface area (Å²) >= 11 is 0. The molecule has 1 atom stereocenters. The molecule has 0 aromatic heterocycles. The first-order valence-electron chi connectivity index (χ1n) is 5.76. The van der Waals surface area contributed by atoms with Gasteiger partial charge in [0.05, 0.1) is 0 Å². The van der Waals surface area contributed by atoms with Crippen LogP contribution < -0.4 is 16.8 Å². The predicted octanol–water partition coefficient (Wildman–Crippen LogP) is 1.59. The number of para-hydroxylation sites is 1. The fourth-order valence-corrected chi connectivity index (χ4v) is 2.13. The van der Waals surface area contributed by atoms with Gasteiger partial charge in [0.1, 0.15) is 5.84 Å². The molecule has 5 N–H and O–H groups in total. The molecular formula is C14H14N4. The fraction of sp³-hybridized carbons (Fsp3) is 0.0714. The largest absolute Gasteiger partial charge is 0.383 e. The van der Waals surface area contributed by atoms with Crippen LogP contribution in [0.3, 0.4) is 0 Å². The Hall–Kier alpha value is -2.33. The van der Waals surface area contributed by atoms with Gasteiger partial charge in [0.25, 0.3) is 0 Å². The topological polar surface area (TPSA) is 76.4 Å². The second-order valence-corrected chi connectivity index (χ2v) is 4.30. The van der Waals surface area contributed by atoms with Crippen LogP contribution >= 0.6 is 0 Å². The molecule has 2 aromatic carbocycles. The molecular weight excluding hydrogens is 224 g/mol. The zero-order chi connectivity index (χ0) is 12.6. The van der Waals surface area contributed by atoms with E-state index in [0.29, 0.717) is 5.84 Å². The van der Waals surface area contributed by atoms with Crippen molar-refractivity contribution in [3.05, 3.63) is 65.7 Å². The number of aliphatic imine (C=N–C) groups is 1. The average Bonchev–Trinajstić information content (AvgIpc) is 2.40. The van der Waals surface area contributed by atoms with E-state index < -0.39 is 5.79 Å². The highest BCUT2D eigenvalue weighted by Gasteiger charge is 2.31. The van der Waals surface area contributed by atoms with Crippen LogP contribution in [0.15, 0.2) is 59.6 Å². The van der Waals surface area contributed by atoms with Gasteiger partial charge in [-0.15, -0.1) is 0 Å². The zero-order valence-corrected chi connectivity index (χ0v) is 9.80. The molecule has 0 amide bonds. The average molecular weight is 238 g/mol. The van der Waals surface area contributed by atoms with Gasteiger partial charge in [0, 0.05) is 16.8 Å². The van der Waals surface area contributed by atoms with Gasteiger partial charge in [0.15, 0.2) is 0 Å². The normalized spacial score (nSPS) is 21.7. The van der Waals surface area contributed by atoms with Gasteiger partial charge in [0.2, 0.25) is 5.79 Å². The van der Waals surface area contributed by atoms with Crippen molar-refractivity contribution in [3.63, 3.8) is 0 Å². The molecule has 0 radical (unpaired) electrons. The molecule has 18 heavy (non-hydrogen) atoms. The number of benzene rings is 2. The smallest absolute Gasteiger partial charge is 0.211 e. The molecule has 3 rings (SSSR count). The van der Waals surface area contributed by atoms with Crippen molar-refractivity contribution in [2.75, 3.05) is 5.32 Å². The summed E-state index contributed by atoms with van der Waals surface area (Å²) in [5, 5.41) is 3.23. The van der Waals surface area contributed by atoms with Crippen molar-refractivity contribution >= 4 is 11.5 Å². The van der Waals surface area contributed by atoms with Crippen LogP contribution in [-0.2, 0) is 5.79 Å². The molecule has 0 saturated heterocycles. The minimum absolute atomic E-state index is 0.454. The Morgan fingerprint density at radius 2 is 1.61 bits per heavy atom. The highest BCUT2D eigenvalue weighted by Crippen LogP contribution is 2.29. The van der Waals surface area contributed by atoms with Crippen LogP contribution in [-0.4, -0.2) is 5.84 Å². The van der Waals surface area contributed by atoms with Crippen LogP contribution in [0.4, 0.5) is 5.69 Å². The first kappa shape index (κ1) is 10.8. The Kier molecular flexibility index (Phi) is 2.31. The Morgan fingerprint density at radius 1 is 0.944 bits per heavy atom. The number of nitrogens with one attached hydrogen (secondary N) is 1. The number of nitrogens with zero attached hydrogens (tertiary/aromatic N) is 1. The third kappa shape index (κ3) is 1.63. The number of amidine groups is 1. The van der Waals surface area contributed by atoms with E-state index in [0.717, 1.165) is 16.8 Å². The number of nitrogens with two attached hydrogens (primary N) is 2. The third-order valence-corrected chi connectivity index (χ3v) is 3.04. The Morgan fingerprint density at radius 3 is 2.39 bits per heavy atom. The molecule has 1 unspecified atom stereocenters. The summed E-state index contributed by atoms with van der Waals surface area (Å²) in [6.07, 6.45) is 0. The van der Waals surface area contributed by atoms with E-state index in [1.807, 2.05) is 54.6 Å². The van der Waals surface area contributed by atoms with Crippen molar-refractivity contribution in [2.24, 2.45) is 16.5 Å². The second-order valence-electron chi connectivity index (χ2n) is 4.30. The van der Waals surface area contributed by atoms with E-state index in [1.54, 1.807) is 0 Å². The summed E-state index contributed by atoms with van der Waals surface area (Å²) < 4.78 is 0. The standard InChI is InChI=1S/C14H14N4/c15-13-11-8-4-5-9-12(11)17-14(16,18-13)10-6-2-1-3-7-10/h1-9,17H,16H2,(H2,15,18). The molecule has 0 spiro atoms. The first-order chi connectivity index (χ1) is 8.69. The summed E-state index contributed by atoms with van der Waals surface area (Å²) in [5.74, 6) is -0.546. The highest BCUT2D eigenvalue weighted by molar-refractivity contribution is 6.04. The SMILES string of the molecule is NC1=NC(N)(c2ccccc2)Nc2ccccc21. The number of hydrogen-bond donors (Lipinski definition) is 3. The molecule has 1 aliphatic rings. The Balaban J connectivity index is 2.11. The van der Waals surface area contributed by atoms with Gasteiger partial charge in [-0.2, -0.15) is 0 Å². The fourth-order valence-electron chi connectivity index (χ4n) is 2.13. The van der Waals surface area contributed by atoms with Gasteiger partial charge in [-0.3, -0.25) is 5.73 Å². The minimum Gasteiger partial charge on any atom is -0.383 e. The lowest BCUT2D eigenvalue weighted by Gasteiger charge is -2.33. The summed E-state index contributed by atoms with van der Waals surface area (Å²) in [4.78, 5) is 4.39. The van der Waals surface area contributed by atoms with E-state index in [9.17, 15) is 0 Å². The van der Waals surface area contributed by atoms with Crippen molar-refractivity contribution < 1.29 is 0 Å². The van der Waals surface area contributed by atoms with Gasteiger partial charge in [-0.25, -0.2) is 4.99 Å². The van der Waals surface area contributed by atoms with Crippen molar-refractivity contribution in [1.29, 1.82) is 0 Å². The molecule has 0 bridgehead atoms. The summed E-state index contributed by atoms with van der Waals surface area (Å²) in [6, 6.07) is 17.4. The van der Waals surface area contributed by atoms with E-state index in [4.69, 9.17) is 11.5 Å². The Labute approximate surface area is 105 Å². The second kappa shape index (κ2) is 3.85. The molecule has 4 nitrogen and oxygen atoms in total. The predicted molar refractivity (Wildman–Crippen MR) is 73.1 cm³/mol. The number of rotatable bonds is 1. The Bertz CT molecular complexity index is 606. The van der Waals surface area contributed by atoms with E-state index in [-0.39, 0.29) is 0 Å². The van der Waals surface area contributed by atoms with Crippen molar-refractivity contribution in [2.45, 2.75) is 5.79 Å². The van der Waals surface area contributed by atoms with E-state index in [1.165, 1.54) is 0 Å². The molecule has 4 heteroatoms. The molecule has 0 fully saturated rings. The van der Waals surface area contributed by atoms with Crippen LogP contribution in [0, 0.1) is 0 Å². The van der Waals surface area contributed by atoms with Crippen molar-refractivity contribution in [3.8, 4) is 0 Å². The summed E-state index contributed by atoms with van der Waals surface area (Å²) in [6.45, 7) is 0. The number of fused-ring (bicyclic) bond motifs is 1. The maximum absolute atomic E-state index is 6.31. The summed E-state index contributed by atoms with van der Waals surface area (Å²) in [7, 11) is 0. The van der Waals surface area contributed by atoms with E-state index >= 15 is 0 Å². The monoisotopic (exact) mass is 238 g/mol. The van der Waals surface area contributed by atoms with Crippen LogP contribution in [0.5, 0.6) is 0 Å². The molecule has 0 aliphatic carbocycles. The van der Waals surface area contributed by atoms with Crippen LogP contribution in [0.2, 0.25) is 0 Å². The summed E-state index contributed by atoms with van der Waals surface area (Å²) in [5.41, 5.74) is 15.0. The third-order valence-electron chi connectivity index (χ3n) is 3.04. The van der Waals surface area contributed by atoms with Crippen molar-refractivity contribution in [1.82, 2.24) is 0 Å². The van der Waals surface area contributed by atoms with Gasteiger partial charge >= 0.3 is 0 Å².